The Labute approximate surface area is 131 Å². The van der Waals surface area contributed by atoms with Crippen molar-refractivity contribution in [3.05, 3.63) is 34.7 Å². The molecule has 1 aromatic heterocycles. The van der Waals surface area contributed by atoms with Gasteiger partial charge >= 0.3 is 0 Å². The third kappa shape index (κ3) is 4.51. The van der Waals surface area contributed by atoms with E-state index in [2.05, 4.69) is 43.9 Å². The second-order valence-corrected chi connectivity index (χ2v) is 6.56. The van der Waals surface area contributed by atoms with E-state index >= 15 is 0 Å². The van der Waals surface area contributed by atoms with Crippen LogP contribution < -0.4 is 0 Å². The molecule has 116 valence electrons. The number of benzene rings is 1. The Bertz CT molecular complexity index is 563. The van der Waals surface area contributed by atoms with Crippen molar-refractivity contribution in [1.82, 2.24) is 4.90 Å². The number of ether oxygens (including phenoxy) is 1. The first-order chi connectivity index (χ1) is 10.1. The molecule has 0 saturated heterocycles. The van der Waals surface area contributed by atoms with Gasteiger partial charge in [-0.1, -0.05) is 19.9 Å². The molecule has 0 aliphatic heterocycles. The van der Waals surface area contributed by atoms with E-state index in [1.807, 2.05) is 6.07 Å². The van der Waals surface area contributed by atoms with Gasteiger partial charge in [0.15, 0.2) is 0 Å². The summed E-state index contributed by atoms with van der Waals surface area (Å²) in [5.41, 5.74) is 0.933. The number of likely N-dealkylation sites (N-methyl/N-ethyl adjacent to an activating group) is 1. The van der Waals surface area contributed by atoms with Crippen molar-refractivity contribution < 1.29 is 9.84 Å². The summed E-state index contributed by atoms with van der Waals surface area (Å²) in [6, 6.07) is 8.31. The first-order valence-electron chi connectivity index (χ1n) is 7.62. The van der Waals surface area contributed by atoms with E-state index in [9.17, 15) is 5.11 Å². The molecule has 1 N–H and O–H groups in total. The van der Waals surface area contributed by atoms with Gasteiger partial charge < -0.3 is 14.7 Å². The van der Waals surface area contributed by atoms with Crippen molar-refractivity contribution in [3.8, 4) is 0 Å². The molecular weight excluding hydrogens is 282 g/mol. The number of fused-ring (bicyclic) bond motifs is 1. The molecule has 0 aliphatic rings. The molecule has 4 heteroatoms. The van der Waals surface area contributed by atoms with E-state index in [0.717, 1.165) is 25.2 Å². The molecule has 1 unspecified atom stereocenters. The maximum Gasteiger partial charge on any atom is 0.102 e. The van der Waals surface area contributed by atoms with Gasteiger partial charge in [0.05, 0.1) is 13.2 Å². The van der Waals surface area contributed by atoms with Gasteiger partial charge in [0.25, 0.3) is 0 Å². The molecule has 21 heavy (non-hydrogen) atoms. The Balaban J connectivity index is 1.85. The molecule has 1 heterocycles. The van der Waals surface area contributed by atoms with E-state index in [1.165, 1.54) is 15.0 Å². The summed E-state index contributed by atoms with van der Waals surface area (Å²) in [5.74, 6) is 0. The highest BCUT2D eigenvalue weighted by molar-refractivity contribution is 7.19. The van der Waals surface area contributed by atoms with Crippen LogP contribution in [0.15, 0.2) is 24.3 Å². The largest absolute Gasteiger partial charge is 0.386 e. The molecule has 1 atom stereocenters. The van der Waals surface area contributed by atoms with Crippen LogP contribution in [-0.4, -0.2) is 42.9 Å². The zero-order chi connectivity index (χ0) is 15.2. The fourth-order valence-electron chi connectivity index (χ4n) is 2.43. The number of aliphatic hydroxyl groups excluding tert-OH is 1. The van der Waals surface area contributed by atoms with Gasteiger partial charge in [-0.15, -0.1) is 11.3 Å². The molecule has 3 nitrogen and oxygen atoms in total. The molecule has 0 amide bonds. The second-order valence-electron chi connectivity index (χ2n) is 5.27. The summed E-state index contributed by atoms with van der Waals surface area (Å²) < 4.78 is 6.88. The van der Waals surface area contributed by atoms with Crippen LogP contribution >= 0.6 is 11.3 Å². The number of hydrogen-bond acceptors (Lipinski definition) is 4. The molecule has 2 aromatic rings. The lowest BCUT2D eigenvalue weighted by molar-refractivity contribution is 0.0274. The number of nitrogens with zero attached hydrogens (tertiary/aromatic N) is 1. The third-order valence-corrected chi connectivity index (χ3v) is 4.80. The Morgan fingerprint density at radius 1 is 1.24 bits per heavy atom. The summed E-state index contributed by atoms with van der Waals surface area (Å²) in [4.78, 5) is 3.61. The molecule has 0 bridgehead atoms. The first kappa shape index (κ1) is 16.4. The molecule has 0 aliphatic carbocycles. The summed E-state index contributed by atoms with van der Waals surface area (Å²) in [7, 11) is 0. The standard InChI is InChI=1S/C17H25NO2S/c1-4-18(5-2)8-9-20-12-16(19)14-6-7-17-15(11-14)10-13(3)21-17/h6-7,10-11,16,19H,4-5,8-9,12H2,1-3H3. The fourth-order valence-corrected chi connectivity index (χ4v) is 3.33. The Morgan fingerprint density at radius 3 is 2.71 bits per heavy atom. The van der Waals surface area contributed by atoms with E-state index in [1.54, 1.807) is 11.3 Å². The van der Waals surface area contributed by atoms with Gasteiger partial charge in [0, 0.05) is 16.1 Å². The van der Waals surface area contributed by atoms with Crippen LogP contribution in [0.2, 0.25) is 0 Å². The van der Waals surface area contributed by atoms with Gasteiger partial charge in [0.1, 0.15) is 6.10 Å². The predicted octanol–water partition coefficient (Wildman–Crippen LogP) is 3.60. The van der Waals surface area contributed by atoms with E-state index in [0.29, 0.717) is 13.2 Å². The number of rotatable bonds is 8. The Hall–Kier alpha value is -0.940. The van der Waals surface area contributed by atoms with Crippen LogP contribution in [0.1, 0.15) is 30.4 Å². The zero-order valence-electron chi connectivity index (χ0n) is 13.1. The summed E-state index contributed by atoms with van der Waals surface area (Å²) in [6.07, 6.45) is -0.550. The van der Waals surface area contributed by atoms with Crippen LogP contribution in [0.5, 0.6) is 0 Å². The van der Waals surface area contributed by atoms with Crippen LogP contribution in [-0.2, 0) is 4.74 Å². The van der Waals surface area contributed by atoms with E-state index in [-0.39, 0.29) is 0 Å². The van der Waals surface area contributed by atoms with Gasteiger partial charge in [-0.2, -0.15) is 0 Å². The molecular formula is C17H25NO2S. The van der Waals surface area contributed by atoms with Crippen molar-refractivity contribution in [1.29, 1.82) is 0 Å². The zero-order valence-corrected chi connectivity index (χ0v) is 13.9. The smallest absolute Gasteiger partial charge is 0.102 e. The predicted molar refractivity (Wildman–Crippen MR) is 90.1 cm³/mol. The normalized spacial score (nSPS) is 13.2. The Kier molecular flexibility index (Phi) is 6.18. The van der Waals surface area contributed by atoms with E-state index < -0.39 is 6.10 Å². The second kappa shape index (κ2) is 7.90. The molecule has 2 rings (SSSR count). The van der Waals surface area contributed by atoms with Crippen molar-refractivity contribution in [2.24, 2.45) is 0 Å². The molecule has 0 saturated carbocycles. The lowest BCUT2D eigenvalue weighted by atomic mass is 10.1. The molecule has 0 spiro atoms. The summed E-state index contributed by atoms with van der Waals surface area (Å²) >= 11 is 1.78. The number of aryl methyl sites for hydroxylation is 1. The van der Waals surface area contributed by atoms with Gasteiger partial charge in [-0.05, 0) is 49.2 Å². The average Bonchev–Trinajstić information content (AvgIpc) is 2.86. The van der Waals surface area contributed by atoms with Gasteiger partial charge in [-0.25, -0.2) is 0 Å². The molecule has 0 fully saturated rings. The average molecular weight is 307 g/mol. The molecule has 1 aromatic carbocycles. The maximum absolute atomic E-state index is 10.2. The SMILES string of the molecule is CCN(CC)CCOCC(O)c1ccc2sc(C)cc2c1. The minimum absolute atomic E-state index is 0.357. The van der Waals surface area contributed by atoms with E-state index in [4.69, 9.17) is 4.74 Å². The Morgan fingerprint density at radius 2 is 2.00 bits per heavy atom. The minimum atomic E-state index is -0.550. The topological polar surface area (TPSA) is 32.7 Å². The van der Waals surface area contributed by atoms with Gasteiger partial charge in [-0.3, -0.25) is 0 Å². The van der Waals surface area contributed by atoms with Crippen molar-refractivity contribution in [3.63, 3.8) is 0 Å². The third-order valence-electron chi connectivity index (χ3n) is 3.77. The highest BCUT2D eigenvalue weighted by atomic mass is 32.1. The van der Waals surface area contributed by atoms with Crippen LogP contribution in [0.3, 0.4) is 0 Å². The first-order valence-corrected chi connectivity index (χ1v) is 8.44. The van der Waals surface area contributed by atoms with Gasteiger partial charge in [0.2, 0.25) is 0 Å². The van der Waals surface area contributed by atoms with Crippen molar-refractivity contribution >= 4 is 21.4 Å². The van der Waals surface area contributed by atoms with Crippen molar-refractivity contribution in [2.45, 2.75) is 26.9 Å². The monoisotopic (exact) mass is 307 g/mol. The van der Waals surface area contributed by atoms with Crippen LogP contribution in [0.4, 0.5) is 0 Å². The fraction of sp³-hybridized carbons (Fsp3) is 0.529. The van der Waals surface area contributed by atoms with Crippen LogP contribution in [0.25, 0.3) is 10.1 Å². The summed E-state index contributed by atoms with van der Waals surface area (Å²) in [5, 5.41) is 11.4. The number of aliphatic hydroxyl groups is 1. The summed E-state index contributed by atoms with van der Waals surface area (Å²) in [6.45, 7) is 10.4. The highest BCUT2D eigenvalue weighted by Gasteiger charge is 2.10. The lowest BCUT2D eigenvalue weighted by Gasteiger charge is -2.18. The van der Waals surface area contributed by atoms with Crippen LogP contribution in [0, 0.1) is 6.92 Å². The highest BCUT2D eigenvalue weighted by Crippen LogP contribution is 2.27. The number of hydrogen-bond donors (Lipinski definition) is 1. The lowest BCUT2D eigenvalue weighted by Crippen LogP contribution is -2.27. The maximum atomic E-state index is 10.2. The minimum Gasteiger partial charge on any atom is -0.386 e. The molecule has 0 radical (unpaired) electrons. The van der Waals surface area contributed by atoms with Crippen molar-refractivity contribution in [2.75, 3.05) is 32.8 Å². The number of thiophene rings is 1. The quantitative estimate of drug-likeness (QED) is 0.756.